The monoisotopic (exact) mass is 530 g/mol. The summed E-state index contributed by atoms with van der Waals surface area (Å²) in [5.74, 6) is 0.679. The number of ether oxygens (including phenoxy) is 2. The number of rotatable bonds is 9. The lowest BCUT2D eigenvalue weighted by Crippen LogP contribution is -2.28. The number of nitrogens with zero attached hydrogens (tertiary/aromatic N) is 3. The Labute approximate surface area is 217 Å². The van der Waals surface area contributed by atoms with Gasteiger partial charge in [-0.3, -0.25) is 9.10 Å². The summed E-state index contributed by atoms with van der Waals surface area (Å²) in [4.78, 5) is 16.3. The molecule has 1 aromatic heterocycles. The first-order chi connectivity index (χ1) is 17.6. The van der Waals surface area contributed by atoms with Gasteiger partial charge in [0, 0.05) is 39.6 Å². The Kier molecular flexibility index (Phi) is 7.88. The first-order valence-corrected chi connectivity index (χ1v) is 13.6. The second kappa shape index (κ2) is 10.8. The average Bonchev–Trinajstić information content (AvgIpc) is 3.27. The SMILES string of the molecule is COC(C)(C)c1nc2cc(N(C)S(=O)(=O)c3ccc(NC(=O)CO)cc3)ccc2n1CC1CCOCC1. The predicted molar refractivity (Wildman–Crippen MR) is 141 cm³/mol. The summed E-state index contributed by atoms with van der Waals surface area (Å²) in [6.45, 7) is 5.58. The van der Waals surface area contributed by atoms with E-state index in [0.717, 1.165) is 43.9 Å². The quantitative estimate of drug-likeness (QED) is 0.436. The summed E-state index contributed by atoms with van der Waals surface area (Å²) in [5.41, 5.74) is 1.85. The van der Waals surface area contributed by atoms with E-state index in [2.05, 4.69) is 9.88 Å². The van der Waals surface area contributed by atoms with Crippen LogP contribution in [0.15, 0.2) is 47.4 Å². The molecule has 1 aliphatic rings. The molecule has 2 aromatic carbocycles. The van der Waals surface area contributed by atoms with Crippen molar-refractivity contribution >= 4 is 38.3 Å². The number of anilines is 2. The highest BCUT2D eigenvalue weighted by Crippen LogP contribution is 2.33. The van der Waals surface area contributed by atoms with Gasteiger partial charge in [0.15, 0.2) is 0 Å². The van der Waals surface area contributed by atoms with Crippen molar-refractivity contribution in [2.24, 2.45) is 5.92 Å². The lowest BCUT2D eigenvalue weighted by Gasteiger charge is -2.27. The summed E-state index contributed by atoms with van der Waals surface area (Å²) >= 11 is 0. The zero-order valence-electron chi connectivity index (χ0n) is 21.6. The van der Waals surface area contributed by atoms with Crippen molar-refractivity contribution in [1.82, 2.24) is 9.55 Å². The Morgan fingerprint density at radius 2 is 1.89 bits per heavy atom. The third-order valence-electron chi connectivity index (χ3n) is 6.87. The van der Waals surface area contributed by atoms with Crippen molar-refractivity contribution in [3.63, 3.8) is 0 Å². The number of aromatic nitrogens is 2. The second-order valence-electron chi connectivity index (χ2n) is 9.69. The van der Waals surface area contributed by atoms with Gasteiger partial charge in [0.05, 0.1) is 21.6 Å². The van der Waals surface area contributed by atoms with Crippen LogP contribution in [0.4, 0.5) is 11.4 Å². The molecule has 2 heterocycles. The lowest BCUT2D eigenvalue weighted by molar-refractivity contribution is -0.118. The maximum absolute atomic E-state index is 13.3. The average molecular weight is 531 g/mol. The molecule has 3 aromatic rings. The third kappa shape index (κ3) is 5.64. The normalized spacial score (nSPS) is 15.2. The number of carbonyl (C=O) groups excluding carboxylic acids is 1. The van der Waals surface area contributed by atoms with Crippen molar-refractivity contribution in [3.8, 4) is 0 Å². The maximum Gasteiger partial charge on any atom is 0.264 e. The van der Waals surface area contributed by atoms with Crippen molar-refractivity contribution in [2.75, 3.05) is 43.6 Å². The molecule has 0 unspecified atom stereocenters. The Balaban J connectivity index is 1.66. The van der Waals surface area contributed by atoms with Gasteiger partial charge in [-0.25, -0.2) is 13.4 Å². The first-order valence-electron chi connectivity index (χ1n) is 12.2. The number of hydrogen-bond acceptors (Lipinski definition) is 7. The van der Waals surface area contributed by atoms with Gasteiger partial charge in [-0.1, -0.05) is 0 Å². The fraction of sp³-hybridized carbons (Fsp3) is 0.462. The van der Waals surface area contributed by atoms with Gasteiger partial charge < -0.3 is 24.5 Å². The van der Waals surface area contributed by atoms with E-state index in [0.29, 0.717) is 22.8 Å². The molecule has 1 aliphatic heterocycles. The molecule has 0 atom stereocenters. The third-order valence-corrected chi connectivity index (χ3v) is 8.67. The number of fused-ring (bicyclic) bond motifs is 1. The van der Waals surface area contributed by atoms with Crippen LogP contribution in [0.1, 0.15) is 32.5 Å². The molecular formula is C26H34N4O6S. The molecule has 1 amide bonds. The summed E-state index contributed by atoms with van der Waals surface area (Å²) in [5, 5.41) is 11.4. The maximum atomic E-state index is 13.3. The van der Waals surface area contributed by atoms with Gasteiger partial charge in [-0.05, 0) is 75.1 Å². The number of aliphatic hydroxyl groups is 1. The van der Waals surface area contributed by atoms with Crippen LogP contribution in [0, 0.1) is 5.92 Å². The highest BCUT2D eigenvalue weighted by atomic mass is 32.2. The van der Waals surface area contributed by atoms with Gasteiger partial charge in [-0.15, -0.1) is 0 Å². The van der Waals surface area contributed by atoms with E-state index in [1.807, 2.05) is 19.9 Å². The number of carbonyl (C=O) groups is 1. The number of sulfonamides is 1. The van der Waals surface area contributed by atoms with Crippen LogP contribution in [0.3, 0.4) is 0 Å². The van der Waals surface area contributed by atoms with E-state index in [4.69, 9.17) is 19.6 Å². The van der Waals surface area contributed by atoms with Crippen LogP contribution in [-0.4, -0.2) is 63.0 Å². The molecule has 0 aliphatic carbocycles. The molecular weight excluding hydrogens is 496 g/mol. The Morgan fingerprint density at radius 1 is 1.22 bits per heavy atom. The molecule has 37 heavy (non-hydrogen) atoms. The van der Waals surface area contributed by atoms with Gasteiger partial charge in [0.2, 0.25) is 5.91 Å². The van der Waals surface area contributed by atoms with Crippen molar-refractivity contribution in [2.45, 2.75) is 43.7 Å². The zero-order chi connectivity index (χ0) is 26.8. The van der Waals surface area contributed by atoms with E-state index < -0.39 is 28.1 Å². The molecule has 0 spiro atoms. The van der Waals surface area contributed by atoms with Gasteiger partial charge in [-0.2, -0.15) is 0 Å². The van der Waals surface area contributed by atoms with Crippen LogP contribution in [0.2, 0.25) is 0 Å². The lowest BCUT2D eigenvalue weighted by atomic mass is 9.99. The fourth-order valence-electron chi connectivity index (χ4n) is 4.44. The Bertz CT molecular complexity index is 1360. The van der Waals surface area contributed by atoms with E-state index >= 15 is 0 Å². The number of aliphatic hydroxyl groups excluding tert-OH is 1. The molecule has 1 saturated heterocycles. The van der Waals surface area contributed by atoms with Gasteiger partial charge >= 0.3 is 0 Å². The van der Waals surface area contributed by atoms with E-state index in [-0.39, 0.29) is 4.90 Å². The molecule has 0 bridgehead atoms. The smallest absolute Gasteiger partial charge is 0.264 e. The van der Waals surface area contributed by atoms with Crippen LogP contribution < -0.4 is 9.62 Å². The van der Waals surface area contributed by atoms with E-state index in [9.17, 15) is 13.2 Å². The van der Waals surface area contributed by atoms with E-state index in [1.54, 1.807) is 19.2 Å². The minimum atomic E-state index is -3.87. The Hall–Kier alpha value is -2.99. The van der Waals surface area contributed by atoms with Gasteiger partial charge in [0.1, 0.15) is 18.0 Å². The number of nitrogens with one attached hydrogen (secondary N) is 1. The molecule has 11 heteroatoms. The van der Waals surface area contributed by atoms with Crippen LogP contribution >= 0.6 is 0 Å². The highest BCUT2D eigenvalue weighted by molar-refractivity contribution is 7.92. The Morgan fingerprint density at radius 3 is 2.51 bits per heavy atom. The number of methoxy groups -OCH3 is 1. The summed E-state index contributed by atoms with van der Waals surface area (Å²) in [7, 11) is -0.718. The summed E-state index contributed by atoms with van der Waals surface area (Å²) < 4.78 is 41.4. The van der Waals surface area contributed by atoms with Crippen LogP contribution in [0.5, 0.6) is 0 Å². The zero-order valence-corrected chi connectivity index (χ0v) is 22.4. The fourth-order valence-corrected chi connectivity index (χ4v) is 5.63. The minimum absolute atomic E-state index is 0.0725. The molecule has 4 rings (SSSR count). The van der Waals surface area contributed by atoms with Crippen LogP contribution in [-0.2, 0) is 36.4 Å². The van der Waals surface area contributed by atoms with Crippen molar-refractivity contribution in [3.05, 3.63) is 48.3 Å². The largest absolute Gasteiger partial charge is 0.387 e. The summed E-state index contributed by atoms with van der Waals surface area (Å²) in [6.07, 6.45) is 1.96. The summed E-state index contributed by atoms with van der Waals surface area (Å²) in [6, 6.07) is 11.3. The highest BCUT2D eigenvalue weighted by Gasteiger charge is 2.30. The number of benzene rings is 2. The number of imidazole rings is 1. The van der Waals surface area contributed by atoms with Crippen molar-refractivity contribution < 1.29 is 27.8 Å². The van der Waals surface area contributed by atoms with E-state index in [1.165, 1.54) is 35.6 Å². The minimum Gasteiger partial charge on any atom is -0.387 e. The van der Waals surface area contributed by atoms with Gasteiger partial charge in [0.25, 0.3) is 10.0 Å². The molecule has 0 radical (unpaired) electrons. The topological polar surface area (TPSA) is 123 Å². The predicted octanol–water partition coefficient (Wildman–Crippen LogP) is 3.10. The molecule has 2 N–H and O–H groups in total. The molecule has 10 nitrogen and oxygen atoms in total. The van der Waals surface area contributed by atoms with Crippen molar-refractivity contribution in [1.29, 1.82) is 0 Å². The van der Waals surface area contributed by atoms with Crippen LogP contribution in [0.25, 0.3) is 11.0 Å². The second-order valence-corrected chi connectivity index (χ2v) is 11.7. The molecule has 200 valence electrons. The molecule has 1 fully saturated rings. The number of amides is 1. The first kappa shape index (κ1) is 27.1. The standard InChI is InChI=1S/C26H34N4O6S/c1-26(2,35-4)25-28-22-15-20(7-10-23(22)30(25)16-18-11-13-36-14-12-18)29(3)37(33,34)21-8-5-19(6-9-21)27-24(32)17-31/h5-10,15,18,31H,11-14,16-17H2,1-4H3,(H,27,32). The molecule has 0 saturated carbocycles. The number of hydrogen-bond donors (Lipinski definition) is 2.